The van der Waals surface area contributed by atoms with Gasteiger partial charge >= 0.3 is 0 Å². The lowest BCUT2D eigenvalue weighted by molar-refractivity contribution is -0.128. The number of carbonyl (C=O) groups excluding carboxylic acids is 2. The van der Waals surface area contributed by atoms with Gasteiger partial charge in [0.1, 0.15) is 0 Å². The second kappa shape index (κ2) is 8.14. The Morgan fingerprint density at radius 1 is 1.30 bits per heavy atom. The lowest BCUT2D eigenvalue weighted by Crippen LogP contribution is -2.30. The van der Waals surface area contributed by atoms with Gasteiger partial charge in [-0.05, 0) is 49.8 Å². The fourth-order valence-corrected chi connectivity index (χ4v) is 3.04. The number of hydrogen-bond donors (Lipinski definition) is 1. The number of carbonyl (C=O) groups is 2. The Kier molecular flexibility index (Phi) is 6.20. The molecule has 0 spiro atoms. The number of amides is 2. The first-order valence-electron chi connectivity index (χ1n) is 8.65. The quantitative estimate of drug-likeness (QED) is 0.839. The number of nitrogens with one attached hydrogen (secondary N) is 1. The third kappa shape index (κ3) is 4.81. The van der Waals surface area contributed by atoms with Crippen molar-refractivity contribution in [2.45, 2.75) is 58.9 Å². The normalized spacial score (nSPS) is 15.8. The number of rotatable bonds is 7. The Morgan fingerprint density at radius 2 is 2.09 bits per heavy atom. The van der Waals surface area contributed by atoms with Gasteiger partial charge in [-0.15, -0.1) is 0 Å². The second-order valence-electron chi connectivity index (χ2n) is 6.46. The van der Waals surface area contributed by atoms with Crippen LogP contribution in [0.3, 0.4) is 0 Å². The van der Waals surface area contributed by atoms with Crippen LogP contribution in [0.2, 0.25) is 0 Å². The van der Waals surface area contributed by atoms with Gasteiger partial charge in [0.25, 0.3) is 0 Å². The Hall–Kier alpha value is -1.84. The molecule has 0 bridgehead atoms. The summed E-state index contributed by atoms with van der Waals surface area (Å²) in [6.45, 7) is 7.83. The predicted octanol–water partition coefficient (Wildman–Crippen LogP) is 3.27. The van der Waals surface area contributed by atoms with E-state index in [1.165, 1.54) is 16.7 Å². The first-order chi connectivity index (χ1) is 11.0. The SMILES string of the molecule is CC[C@@H](NC(=O)CCCN1CCCC1=O)c1ccc(C)c(C)c1. The molecule has 4 heteroatoms. The first-order valence-corrected chi connectivity index (χ1v) is 8.65. The van der Waals surface area contributed by atoms with Gasteiger partial charge in [0.2, 0.25) is 11.8 Å². The molecular weight excluding hydrogens is 288 g/mol. The summed E-state index contributed by atoms with van der Waals surface area (Å²) in [5.74, 6) is 0.300. The van der Waals surface area contributed by atoms with Crippen LogP contribution in [0.25, 0.3) is 0 Å². The molecule has 1 heterocycles. The molecule has 1 aliphatic rings. The maximum Gasteiger partial charge on any atom is 0.222 e. The van der Waals surface area contributed by atoms with E-state index in [1.807, 2.05) is 4.90 Å². The number of likely N-dealkylation sites (tertiary alicyclic amines) is 1. The van der Waals surface area contributed by atoms with Crippen LogP contribution in [0.1, 0.15) is 61.8 Å². The first kappa shape index (κ1) is 17.5. The molecule has 0 saturated carbocycles. The van der Waals surface area contributed by atoms with Crippen molar-refractivity contribution in [3.63, 3.8) is 0 Å². The zero-order valence-corrected chi connectivity index (χ0v) is 14.5. The minimum atomic E-state index is 0.0650. The zero-order valence-electron chi connectivity index (χ0n) is 14.5. The Morgan fingerprint density at radius 3 is 2.70 bits per heavy atom. The number of aryl methyl sites for hydroxylation is 2. The highest BCUT2D eigenvalue weighted by molar-refractivity contribution is 5.78. The van der Waals surface area contributed by atoms with Crippen molar-refractivity contribution in [1.29, 1.82) is 0 Å². The molecule has 126 valence electrons. The van der Waals surface area contributed by atoms with Gasteiger partial charge < -0.3 is 10.2 Å². The standard InChI is InChI=1S/C19H28N2O2/c1-4-17(16-10-9-14(2)15(3)13-16)20-18(22)7-5-11-21-12-6-8-19(21)23/h9-10,13,17H,4-8,11-12H2,1-3H3,(H,20,22)/t17-/m1/s1. The van der Waals surface area contributed by atoms with Crippen molar-refractivity contribution in [2.24, 2.45) is 0 Å². The third-order valence-corrected chi connectivity index (χ3v) is 4.68. The van der Waals surface area contributed by atoms with Gasteiger partial charge in [-0.1, -0.05) is 25.1 Å². The number of hydrogen-bond acceptors (Lipinski definition) is 2. The Balaban J connectivity index is 1.82. The highest BCUT2D eigenvalue weighted by Crippen LogP contribution is 2.20. The number of nitrogens with zero attached hydrogens (tertiary/aromatic N) is 1. The fraction of sp³-hybridized carbons (Fsp3) is 0.579. The van der Waals surface area contributed by atoms with E-state index >= 15 is 0 Å². The van der Waals surface area contributed by atoms with Crippen LogP contribution < -0.4 is 5.32 Å². The molecule has 0 aliphatic carbocycles. The van der Waals surface area contributed by atoms with Crippen molar-refractivity contribution in [3.05, 3.63) is 34.9 Å². The van der Waals surface area contributed by atoms with E-state index in [1.54, 1.807) is 0 Å². The average molecular weight is 316 g/mol. The Bertz CT molecular complexity index is 568. The van der Waals surface area contributed by atoms with Gasteiger partial charge in [0.15, 0.2) is 0 Å². The van der Waals surface area contributed by atoms with Crippen LogP contribution >= 0.6 is 0 Å². The van der Waals surface area contributed by atoms with Crippen molar-refractivity contribution in [3.8, 4) is 0 Å². The largest absolute Gasteiger partial charge is 0.349 e. The minimum Gasteiger partial charge on any atom is -0.349 e. The van der Waals surface area contributed by atoms with Crippen LogP contribution in [0.5, 0.6) is 0 Å². The topological polar surface area (TPSA) is 49.4 Å². The third-order valence-electron chi connectivity index (χ3n) is 4.68. The predicted molar refractivity (Wildman–Crippen MR) is 92.1 cm³/mol. The maximum atomic E-state index is 12.2. The van der Waals surface area contributed by atoms with E-state index in [2.05, 4.69) is 44.3 Å². The molecular formula is C19H28N2O2. The summed E-state index contributed by atoms with van der Waals surface area (Å²) in [6, 6.07) is 6.43. The summed E-state index contributed by atoms with van der Waals surface area (Å²) in [7, 11) is 0. The summed E-state index contributed by atoms with van der Waals surface area (Å²) >= 11 is 0. The van der Waals surface area contributed by atoms with E-state index in [4.69, 9.17) is 0 Å². The van der Waals surface area contributed by atoms with Crippen LogP contribution in [0.4, 0.5) is 0 Å². The van der Waals surface area contributed by atoms with Gasteiger partial charge in [-0.25, -0.2) is 0 Å². The van der Waals surface area contributed by atoms with Gasteiger partial charge in [0.05, 0.1) is 6.04 Å². The summed E-state index contributed by atoms with van der Waals surface area (Å²) in [4.78, 5) is 25.6. The van der Waals surface area contributed by atoms with Crippen molar-refractivity contribution in [1.82, 2.24) is 10.2 Å². The molecule has 0 radical (unpaired) electrons. The van der Waals surface area contributed by atoms with Crippen LogP contribution in [0, 0.1) is 13.8 Å². The molecule has 0 unspecified atom stereocenters. The molecule has 1 atom stereocenters. The van der Waals surface area contributed by atoms with Gasteiger partial charge in [-0.3, -0.25) is 9.59 Å². The summed E-state index contributed by atoms with van der Waals surface area (Å²) in [6.07, 6.45) is 3.71. The molecule has 2 amide bonds. The molecule has 1 fully saturated rings. The number of benzene rings is 1. The molecule has 1 aliphatic heterocycles. The summed E-state index contributed by atoms with van der Waals surface area (Å²) in [5, 5.41) is 3.12. The summed E-state index contributed by atoms with van der Waals surface area (Å²) < 4.78 is 0. The second-order valence-corrected chi connectivity index (χ2v) is 6.46. The highest BCUT2D eigenvalue weighted by Gasteiger charge is 2.20. The van der Waals surface area contributed by atoms with E-state index in [0.29, 0.717) is 19.4 Å². The van der Waals surface area contributed by atoms with E-state index < -0.39 is 0 Å². The van der Waals surface area contributed by atoms with E-state index in [0.717, 1.165) is 25.8 Å². The van der Waals surface area contributed by atoms with Gasteiger partial charge in [0, 0.05) is 25.9 Å². The van der Waals surface area contributed by atoms with Crippen LogP contribution in [0.15, 0.2) is 18.2 Å². The molecule has 4 nitrogen and oxygen atoms in total. The van der Waals surface area contributed by atoms with Crippen molar-refractivity contribution in [2.75, 3.05) is 13.1 Å². The molecule has 2 rings (SSSR count). The Labute approximate surface area is 139 Å². The van der Waals surface area contributed by atoms with Crippen molar-refractivity contribution < 1.29 is 9.59 Å². The lowest BCUT2D eigenvalue weighted by Gasteiger charge is -2.19. The van der Waals surface area contributed by atoms with Crippen LogP contribution in [-0.2, 0) is 9.59 Å². The molecule has 1 aromatic carbocycles. The smallest absolute Gasteiger partial charge is 0.222 e. The molecule has 1 N–H and O–H groups in total. The zero-order chi connectivity index (χ0) is 16.8. The monoisotopic (exact) mass is 316 g/mol. The maximum absolute atomic E-state index is 12.2. The fourth-order valence-electron chi connectivity index (χ4n) is 3.04. The summed E-state index contributed by atoms with van der Waals surface area (Å²) in [5.41, 5.74) is 3.69. The van der Waals surface area contributed by atoms with Gasteiger partial charge in [-0.2, -0.15) is 0 Å². The molecule has 1 saturated heterocycles. The minimum absolute atomic E-state index is 0.0650. The van der Waals surface area contributed by atoms with E-state index in [9.17, 15) is 9.59 Å². The molecule has 0 aromatic heterocycles. The average Bonchev–Trinajstić information content (AvgIpc) is 2.93. The molecule has 1 aromatic rings. The highest BCUT2D eigenvalue weighted by atomic mass is 16.2. The van der Waals surface area contributed by atoms with E-state index in [-0.39, 0.29) is 17.9 Å². The van der Waals surface area contributed by atoms with Crippen LogP contribution in [-0.4, -0.2) is 29.8 Å². The van der Waals surface area contributed by atoms with Crippen molar-refractivity contribution >= 4 is 11.8 Å². The lowest BCUT2D eigenvalue weighted by atomic mass is 9.99. The molecule has 23 heavy (non-hydrogen) atoms.